The molecule has 6 nitrogen and oxygen atoms in total. The minimum Gasteiger partial charge on any atom is -0.326 e. The van der Waals surface area contributed by atoms with Crippen molar-refractivity contribution in [3.63, 3.8) is 0 Å². The first kappa shape index (κ1) is 18.0. The third-order valence-corrected chi connectivity index (χ3v) is 5.40. The molecule has 0 bridgehead atoms. The Labute approximate surface area is 154 Å². The lowest BCUT2D eigenvalue weighted by molar-refractivity contribution is -0.116. The highest BCUT2D eigenvalue weighted by molar-refractivity contribution is 7.18. The maximum absolute atomic E-state index is 12.6. The summed E-state index contributed by atoms with van der Waals surface area (Å²) in [5.41, 5.74) is 1.93. The van der Waals surface area contributed by atoms with Crippen LogP contribution in [0.4, 0.5) is 5.69 Å². The van der Waals surface area contributed by atoms with Gasteiger partial charge in [-0.2, -0.15) is 0 Å². The van der Waals surface area contributed by atoms with Gasteiger partial charge in [0.15, 0.2) is 5.78 Å². The predicted molar refractivity (Wildman–Crippen MR) is 103 cm³/mol. The number of rotatable bonds is 5. The predicted octanol–water partition coefficient (Wildman–Crippen LogP) is 3.31. The molecule has 2 aromatic heterocycles. The number of amides is 1. The van der Waals surface area contributed by atoms with E-state index in [1.54, 1.807) is 24.3 Å². The number of nitrogens with zero attached hydrogens (tertiary/aromatic N) is 2. The molecule has 26 heavy (non-hydrogen) atoms. The third-order valence-electron chi connectivity index (χ3n) is 4.29. The number of carbonyl (C=O) groups is 2. The van der Waals surface area contributed by atoms with Crippen molar-refractivity contribution >= 4 is 38.9 Å². The minimum atomic E-state index is -0.226. The molecule has 0 saturated carbocycles. The Bertz CT molecular complexity index is 1070. The molecule has 0 saturated heterocycles. The zero-order valence-corrected chi connectivity index (χ0v) is 15.6. The lowest BCUT2D eigenvalue weighted by Crippen LogP contribution is -2.23. The van der Waals surface area contributed by atoms with Crippen molar-refractivity contribution in [2.45, 2.75) is 33.7 Å². The average Bonchev–Trinajstić information content (AvgIpc) is 2.89. The summed E-state index contributed by atoms with van der Waals surface area (Å²) in [4.78, 5) is 42.3. The maximum atomic E-state index is 12.6. The first-order valence-electron chi connectivity index (χ1n) is 8.23. The van der Waals surface area contributed by atoms with E-state index < -0.39 is 0 Å². The van der Waals surface area contributed by atoms with E-state index in [1.807, 2.05) is 13.8 Å². The molecule has 7 heteroatoms. The molecule has 3 rings (SSSR count). The number of benzene rings is 1. The van der Waals surface area contributed by atoms with Crippen LogP contribution in [-0.4, -0.2) is 21.2 Å². The molecule has 1 N–H and O–H groups in total. The van der Waals surface area contributed by atoms with E-state index in [2.05, 4.69) is 10.3 Å². The van der Waals surface area contributed by atoms with Crippen molar-refractivity contribution in [2.24, 2.45) is 0 Å². The Hall–Kier alpha value is -2.80. The summed E-state index contributed by atoms with van der Waals surface area (Å²) >= 11 is 1.50. The Morgan fingerprint density at radius 1 is 1.27 bits per heavy atom. The summed E-state index contributed by atoms with van der Waals surface area (Å²) in [7, 11) is 0. The summed E-state index contributed by atoms with van der Waals surface area (Å²) in [6.07, 6.45) is 1.63. The lowest BCUT2D eigenvalue weighted by Gasteiger charge is -2.08. The Morgan fingerprint density at radius 3 is 2.77 bits per heavy atom. The zero-order chi connectivity index (χ0) is 18.8. The smallest absolute Gasteiger partial charge is 0.262 e. The number of Topliss-reactive ketones (excluding diaryl/α,β-unsaturated/α-hetero) is 1. The first-order chi connectivity index (χ1) is 12.4. The van der Waals surface area contributed by atoms with Crippen LogP contribution in [0.15, 0.2) is 35.4 Å². The molecule has 0 radical (unpaired) electrons. The van der Waals surface area contributed by atoms with Crippen LogP contribution in [0.5, 0.6) is 0 Å². The summed E-state index contributed by atoms with van der Waals surface area (Å²) in [5.74, 6) is -0.288. The van der Waals surface area contributed by atoms with E-state index in [-0.39, 0.29) is 30.2 Å². The van der Waals surface area contributed by atoms with Crippen molar-refractivity contribution in [3.8, 4) is 0 Å². The number of aromatic nitrogens is 2. The van der Waals surface area contributed by atoms with Gasteiger partial charge in [-0.05, 0) is 38.5 Å². The number of carbonyl (C=O) groups excluding carboxylic acids is 2. The molecule has 0 aliphatic carbocycles. The average molecular weight is 369 g/mol. The van der Waals surface area contributed by atoms with Gasteiger partial charge in [-0.1, -0.05) is 12.1 Å². The second-order valence-corrected chi connectivity index (χ2v) is 7.34. The molecule has 0 unspecified atom stereocenters. The van der Waals surface area contributed by atoms with Crippen molar-refractivity contribution in [3.05, 3.63) is 57.0 Å². The Balaban J connectivity index is 1.72. The van der Waals surface area contributed by atoms with E-state index in [0.29, 0.717) is 16.6 Å². The van der Waals surface area contributed by atoms with E-state index in [0.717, 1.165) is 15.3 Å². The monoisotopic (exact) mass is 369 g/mol. The minimum absolute atomic E-state index is 0.0616. The fourth-order valence-electron chi connectivity index (χ4n) is 2.69. The molecule has 0 aliphatic rings. The van der Waals surface area contributed by atoms with Crippen LogP contribution in [0.2, 0.25) is 0 Å². The fraction of sp³-hybridized carbons (Fsp3) is 0.263. The summed E-state index contributed by atoms with van der Waals surface area (Å²) in [6.45, 7) is 5.60. The van der Waals surface area contributed by atoms with Gasteiger partial charge >= 0.3 is 0 Å². The standard InChI is InChI=1S/C19H19N3O3S/c1-11-13(3)26-18-17(11)19(25)22(10-20-18)8-7-16(24)21-15-6-4-5-14(9-15)12(2)23/h4-6,9-10H,7-8H2,1-3H3,(H,21,24). The van der Waals surface area contributed by atoms with E-state index in [9.17, 15) is 14.4 Å². The second-order valence-electron chi connectivity index (χ2n) is 6.14. The van der Waals surface area contributed by atoms with Crippen LogP contribution >= 0.6 is 11.3 Å². The molecule has 0 spiro atoms. The molecule has 0 aliphatic heterocycles. The quantitative estimate of drug-likeness (QED) is 0.700. The number of anilines is 1. The number of fused-ring (bicyclic) bond motifs is 1. The summed E-state index contributed by atoms with van der Waals surface area (Å²) in [6, 6.07) is 6.78. The molecule has 0 atom stereocenters. The van der Waals surface area contributed by atoms with Crippen molar-refractivity contribution in [2.75, 3.05) is 5.32 Å². The van der Waals surface area contributed by atoms with Gasteiger partial charge in [0.1, 0.15) is 4.83 Å². The summed E-state index contributed by atoms with van der Waals surface area (Å²) < 4.78 is 1.47. The van der Waals surface area contributed by atoms with Gasteiger partial charge in [0.25, 0.3) is 5.56 Å². The SMILES string of the molecule is CC(=O)c1cccc(NC(=O)CCn2cnc3sc(C)c(C)c3c2=O)c1. The normalized spacial score (nSPS) is 10.9. The zero-order valence-electron chi connectivity index (χ0n) is 14.8. The highest BCUT2D eigenvalue weighted by Gasteiger charge is 2.13. The number of hydrogen-bond acceptors (Lipinski definition) is 5. The highest BCUT2D eigenvalue weighted by atomic mass is 32.1. The van der Waals surface area contributed by atoms with Crippen LogP contribution in [0, 0.1) is 13.8 Å². The number of hydrogen-bond donors (Lipinski definition) is 1. The highest BCUT2D eigenvalue weighted by Crippen LogP contribution is 2.25. The topological polar surface area (TPSA) is 81.1 Å². The number of nitrogens with one attached hydrogen (secondary N) is 1. The van der Waals surface area contributed by atoms with Crippen LogP contribution < -0.4 is 10.9 Å². The van der Waals surface area contributed by atoms with Gasteiger partial charge in [0.2, 0.25) is 5.91 Å². The van der Waals surface area contributed by atoms with Gasteiger partial charge in [-0.15, -0.1) is 11.3 Å². The number of ketones is 1. The molecule has 1 amide bonds. The number of aryl methyl sites for hydroxylation is 3. The molecule has 2 heterocycles. The third kappa shape index (κ3) is 3.57. The molecule has 0 fully saturated rings. The van der Waals surface area contributed by atoms with Gasteiger partial charge < -0.3 is 5.32 Å². The molecule has 1 aromatic carbocycles. The molecule has 134 valence electrons. The van der Waals surface area contributed by atoms with Gasteiger partial charge in [-0.25, -0.2) is 4.98 Å². The Kier molecular flexibility index (Phi) is 4.99. The van der Waals surface area contributed by atoms with Crippen LogP contribution in [0.3, 0.4) is 0 Å². The van der Waals surface area contributed by atoms with Crippen molar-refractivity contribution in [1.29, 1.82) is 0 Å². The van der Waals surface area contributed by atoms with E-state index in [4.69, 9.17) is 0 Å². The second kappa shape index (κ2) is 7.21. The lowest BCUT2D eigenvalue weighted by atomic mass is 10.1. The van der Waals surface area contributed by atoms with Crippen molar-refractivity contribution in [1.82, 2.24) is 9.55 Å². The Morgan fingerprint density at radius 2 is 2.04 bits per heavy atom. The van der Waals surface area contributed by atoms with E-state index >= 15 is 0 Å². The van der Waals surface area contributed by atoms with Crippen LogP contribution in [0.25, 0.3) is 10.2 Å². The number of thiophene rings is 1. The molecular weight excluding hydrogens is 350 g/mol. The van der Waals surface area contributed by atoms with Gasteiger partial charge in [-0.3, -0.25) is 19.0 Å². The van der Waals surface area contributed by atoms with E-state index in [1.165, 1.54) is 29.2 Å². The van der Waals surface area contributed by atoms with Crippen LogP contribution in [-0.2, 0) is 11.3 Å². The van der Waals surface area contributed by atoms with Crippen LogP contribution in [0.1, 0.15) is 34.1 Å². The molecular formula is C19H19N3O3S. The molecule has 3 aromatic rings. The van der Waals surface area contributed by atoms with Gasteiger partial charge in [0.05, 0.1) is 11.7 Å². The largest absolute Gasteiger partial charge is 0.326 e. The first-order valence-corrected chi connectivity index (χ1v) is 9.04. The summed E-state index contributed by atoms with van der Waals surface area (Å²) in [5, 5.41) is 3.38. The fourth-order valence-corrected chi connectivity index (χ4v) is 3.68. The van der Waals surface area contributed by atoms with Gasteiger partial charge in [0, 0.05) is 29.1 Å². The van der Waals surface area contributed by atoms with Crippen molar-refractivity contribution < 1.29 is 9.59 Å². The maximum Gasteiger partial charge on any atom is 0.262 e.